The third kappa shape index (κ3) is 4.31. The number of hydrogen-bond acceptors (Lipinski definition) is 3. The molecule has 2 N–H and O–H groups in total. The fourth-order valence-electron chi connectivity index (χ4n) is 0.536. The van der Waals surface area contributed by atoms with Gasteiger partial charge < -0.3 is 10.2 Å². The van der Waals surface area contributed by atoms with Crippen molar-refractivity contribution < 1.29 is 10.2 Å². The third-order valence-electron chi connectivity index (χ3n) is 0.996. The summed E-state index contributed by atoms with van der Waals surface area (Å²) in [7, 11) is 0. The molecule has 0 aliphatic heterocycles. The van der Waals surface area contributed by atoms with Gasteiger partial charge >= 0.3 is 0 Å². The molecular formula is C9H11NO2. The van der Waals surface area contributed by atoms with Gasteiger partial charge in [0.05, 0.1) is 11.6 Å². The fourth-order valence-corrected chi connectivity index (χ4v) is 0.536. The lowest BCUT2D eigenvalue weighted by Crippen LogP contribution is -1.69. The Bertz CT molecular complexity index is 248. The van der Waals surface area contributed by atoms with Gasteiger partial charge in [0.15, 0.2) is 0 Å². The average molecular weight is 165 g/mol. The minimum atomic E-state index is 0.189. The number of aromatic hydroxyl groups is 1. The van der Waals surface area contributed by atoms with Crippen LogP contribution in [-0.4, -0.2) is 16.8 Å². The van der Waals surface area contributed by atoms with Crippen molar-refractivity contribution in [1.29, 1.82) is 5.26 Å². The van der Waals surface area contributed by atoms with Gasteiger partial charge in [0, 0.05) is 6.61 Å². The standard InChI is InChI=1S/C7H5NO.C2H6O/c8-5-6-1-3-7(9)4-2-6;1-2-3/h1-4,9H;3H,2H2,1H3. The quantitative estimate of drug-likeness (QED) is 0.608. The smallest absolute Gasteiger partial charge is 0.115 e. The number of hydrogen-bond donors (Lipinski definition) is 2. The SMILES string of the molecule is CCO.N#Cc1ccc(O)cc1. The van der Waals surface area contributed by atoms with Crippen molar-refractivity contribution in [2.45, 2.75) is 6.92 Å². The van der Waals surface area contributed by atoms with Crippen LogP contribution in [0.25, 0.3) is 0 Å². The van der Waals surface area contributed by atoms with Gasteiger partial charge in [0.1, 0.15) is 5.75 Å². The van der Waals surface area contributed by atoms with Crippen LogP contribution in [-0.2, 0) is 0 Å². The van der Waals surface area contributed by atoms with Gasteiger partial charge in [-0.25, -0.2) is 0 Å². The van der Waals surface area contributed by atoms with E-state index in [4.69, 9.17) is 15.5 Å². The number of rotatable bonds is 0. The second-order valence-corrected chi connectivity index (χ2v) is 1.97. The lowest BCUT2D eigenvalue weighted by atomic mass is 10.2. The van der Waals surface area contributed by atoms with E-state index in [0.29, 0.717) is 5.56 Å². The van der Waals surface area contributed by atoms with E-state index in [9.17, 15) is 0 Å². The fraction of sp³-hybridized carbons (Fsp3) is 0.222. The Hall–Kier alpha value is -1.53. The molecule has 0 radical (unpaired) electrons. The lowest BCUT2D eigenvalue weighted by Gasteiger charge is -1.87. The molecule has 3 heteroatoms. The molecule has 0 aliphatic rings. The van der Waals surface area contributed by atoms with Crippen LogP contribution in [0.1, 0.15) is 12.5 Å². The number of phenols is 1. The summed E-state index contributed by atoms with van der Waals surface area (Å²) in [6.45, 7) is 1.93. The van der Waals surface area contributed by atoms with Crippen LogP contribution in [0.5, 0.6) is 5.75 Å². The zero-order chi connectivity index (χ0) is 9.40. The van der Waals surface area contributed by atoms with E-state index in [1.54, 1.807) is 19.1 Å². The Morgan fingerprint density at radius 3 is 2.08 bits per heavy atom. The van der Waals surface area contributed by atoms with E-state index in [0.717, 1.165) is 0 Å². The van der Waals surface area contributed by atoms with Crippen LogP contribution in [0.4, 0.5) is 0 Å². The Kier molecular flexibility index (Phi) is 5.41. The summed E-state index contributed by atoms with van der Waals surface area (Å²) >= 11 is 0. The molecule has 0 aliphatic carbocycles. The molecule has 0 atom stereocenters. The minimum Gasteiger partial charge on any atom is -0.508 e. The van der Waals surface area contributed by atoms with Crippen molar-refractivity contribution in [3.63, 3.8) is 0 Å². The molecule has 0 aromatic heterocycles. The Labute approximate surface area is 71.5 Å². The topological polar surface area (TPSA) is 64.2 Å². The molecule has 1 aromatic rings. The van der Waals surface area contributed by atoms with Gasteiger partial charge in [-0.2, -0.15) is 5.26 Å². The van der Waals surface area contributed by atoms with E-state index >= 15 is 0 Å². The van der Waals surface area contributed by atoms with Gasteiger partial charge in [-0.05, 0) is 31.2 Å². The van der Waals surface area contributed by atoms with Crippen LogP contribution in [0.15, 0.2) is 24.3 Å². The predicted octanol–water partition coefficient (Wildman–Crippen LogP) is 1.26. The maximum atomic E-state index is 8.74. The van der Waals surface area contributed by atoms with E-state index < -0.39 is 0 Å². The second-order valence-electron chi connectivity index (χ2n) is 1.97. The first-order chi connectivity index (χ1) is 5.74. The highest BCUT2D eigenvalue weighted by Gasteiger charge is 1.86. The molecule has 64 valence electrons. The van der Waals surface area contributed by atoms with E-state index in [1.807, 2.05) is 6.07 Å². The molecule has 0 unspecified atom stereocenters. The highest BCUT2D eigenvalue weighted by Crippen LogP contribution is 2.07. The zero-order valence-electron chi connectivity index (χ0n) is 6.86. The molecule has 0 saturated carbocycles. The van der Waals surface area contributed by atoms with Crippen molar-refractivity contribution in [2.75, 3.05) is 6.61 Å². The normalized spacial score (nSPS) is 7.75. The van der Waals surface area contributed by atoms with Gasteiger partial charge in [-0.15, -0.1) is 0 Å². The Morgan fingerprint density at radius 2 is 1.75 bits per heavy atom. The van der Waals surface area contributed by atoms with Crippen molar-refractivity contribution in [3.8, 4) is 11.8 Å². The number of aliphatic hydroxyl groups excluding tert-OH is 1. The first-order valence-corrected chi connectivity index (χ1v) is 3.54. The van der Waals surface area contributed by atoms with Gasteiger partial charge in [-0.3, -0.25) is 0 Å². The number of nitrogens with zero attached hydrogens (tertiary/aromatic N) is 1. The molecule has 0 bridgehead atoms. The molecular weight excluding hydrogens is 154 g/mol. The predicted molar refractivity (Wildman–Crippen MR) is 45.6 cm³/mol. The van der Waals surface area contributed by atoms with E-state index in [-0.39, 0.29) is 12.4 Å². The van der Waals surface area contributed by atoms with Crippen LogP contribution in [0.3, 0.4) is 0 Å². The highest BCUT2D eigenvalue weighted by atomic mass is 16.3. The largest absolute Gasteiger partial charge is 0.508 e. The first-order valence-electron chi connectivity index (χ1n) is 3.54. The Balaban J connectivity index is 0.000000354. The first kappa shape index (κ1) is 10.5. The minimum absolute atomic E-state index is 0.189. The monoisotopic (exact) mass is 165 g/mol. The molecule has 0 spiro atoms. The zero-order valence-corrected chi connectivity index (χ0v) is 6.86. The average Bonchev–Trinajstić information content (AvgIpc) is 2.07. The number of nitriles is 1. The maximum absolute atomic E-state index is 8.74. The van der Waals surface area contributed by atoms with Crippen LogP contribution in [0.2, 0.25) is 0 Å². The van der Waals surface area contributed by atoms with Crippen molar-refractivity contribution in [1.82, 2.24) is 0 Å². The molecule has 0 saturated heterocycles. The van der Waals surface area contributed by atoms with Crippen molar-refractivity contribution in [2.24, 2.45) is 0 Å². The van der Waals surface area contributed by atoms with Gasteiger partial charge in [-0.1, -0.05) is 0 Å². The summed E-state index contributed by atoms with van der Waals surface area (Å²) in [6, 6.07) is 8.04. The maximum Gasteiger partial charge on any atom is 0.115 e. The summed E-state index contributed by atoms with van der Waals surface area (Å²) in [5.74, 6) is 0.189. The van der Waals surface area contributed by atoms with Gasteiger partial charge in [0.25, 0.3) is 0 Å². The number of benzene rings is 1. The summed E-state index contributed by atoms with van der Waals surface area (Å²) in [5, 5.41) is 24.6. The van der Waals surface area contributed by atoms with Crippen molar-refractivity contribution in [3.05, 3.63) is 29.8 Å². The molecule has 12 heavy (non-hydrogen) atoms. The molecule has 0 heterocycles. The Morgan fingerprint density at radius 1 is 1.33 bits per heavy atom. The summed E-state index contributed by atoms with van der Waals surface area (Å²) in [6.07, 6.45) is 0. The summed E-state index contributed by atoms with van der Waals surface area (Å²) in [5.41, 5.74) is 0.563. The van der Waals surface area contributed by atoms with E-state index in [1.165, 1.54) is 12.1 Å². The number of phenolic OH excluding ortho intramolecular Hbond substituents is 1. The summed E-state index contributed by atoms with van der Waals surface area (Å²) < 4.78 is 0. The molecule has 3 nitrogen and oxygen atoms in total. The van der Waals surface area contributed by atoms with Crippen molar-refractivity contribution >= 4 is 0 Å². The molecule has 1 rings (SSSR count). The van der Waals surface area contributed by atoms with Gasteiger partial charge in [0.2, 0.25) is 0 Å². The van der Waals surface area contributed by atoms with Crippen LogP contribution < -0.4 is 0 Å². The van der Waals surface area contributed by atoms with Crippen LogP contribution >= 0.6 is 0 Å². The second kappa shape index (κ2) is 6.20. The number of aliphatic hydroxyl groups is 1. The lowest BCUT2D eigenvalue weighted by molar-refractivity contribution is 0.318. The molecule has 0 fully saturated rings. The molecule has 0 amide bonds. The third-order valence-corrected chi connectivity index (χ3v) is 0.996. The molecule has 1 aromatic carbocycles. The highest BCUT2D eigenvalue weighted by molar-refractivity contribution is 5.33. The van der Waals surface area contributed by atoms with E-state index in [2.05, 4.69) is 0 Å². The van der Waals surface area contributed by atoms with Crippen LogP contribution in [0, 0.1) is 11.3 Å². The summed E-state index contributed by atoms with van der Waals surface area (Å²) in [4.78, 5) is 0.